The van der Waals surface area contributed by atoms with E-state index in [9.17, 15) is 0 Å². The number of fused-ring (bicyclic) bond motifs is 1. The second-order valence-corrected chi connectivity index (χ2v) is 5.36. The Morgan fingerprint density at radius 1 is 1.33 bits per heavy atom. The SMILES string of the molecule is CCCC1CCN(Cn2cnc3ccccc32)C1. The third kappa shape index (κ3) is 2.27. The molecule has 0 bridgehead atoms. The standard InChI is InChI=1S/C15H21N3/c1-2-5-13-8-9-17(10-13)12-18-11-16-14-6-3-4-7-15(14)18/h3-4,6-7,11,13H,2,5,8-10,12H2,1H3. The van der Waals surface area contributed by atoms with Crippen molar-refractivity contribution in [3.63, 3.8) is 0 Å². The lowest BCUT2D eigenvalue weighted by molar-refractivity contribution is 0.261. The molecule has 3 nitrogen and oxygen atoms in total. The lowest BCUT2D eigenvalue weighted by Crippen LogP contribution is -2.23. The summed E-state index contributed by atoms with van der Waals surface area (Å²) in [7, 11) is 0. The van der Waals surface area contributed by atoms with Crippen molar-refractivity contribution in [2.75, 3.05) is 13.1 Å². The van der Waals surface area contributed by atoms with Crippen molar-refractivity contribution < 1.29 is 0 Å². The van der Waals surface area contributed by atoms with Crippen LogP contribution in [0.4, 0.5) is 0 Å². The lowest BCUT2D eigenvalue weighted by atomic mass is 10.0. The highest BCUT2D eigenvalue weighted by Gasteiger charge is 2.21. The second kappa shape index (κ2) is 5.11. The van der Waals surface area contributed by atoms with Crippen molar-refractivity contribution in [3.05, 3.63) is 30.6 Å². The molecule has 18 heavy (non-hydrogen) atoms. The molecule has 2 heterocycles. The zero-order valence-corrected chi connectivity index (χ0v) is 11.0. The minimum atomic E-state index is 0.907. The molecule has 0 saturated carbocycles. The molecule has 1 atom stereocenters. The minimum absolute atomic E-state index is 0.907. The van der Waals surface area contributed by atoms with Gasteiger partial charge in [0.15, 0.2) is 0 Å². The molecule has 1 unspecified atom stereocenters. The average molecular weight is 243 g/mol. The fraction of sp³-hybridized carbons (Fsp3) is 0.533. The van der Waals surface area contributed by atoms with Crippen LogP contribution in [-0.4, -0.2) is 27.5 Å². The molecule has 1 fully saturated rings. The number of imidazole rings is 1. The zero-order valence-electron chi connectivity index (χ0n) is 11.0. The van der Waals surface area contributed by atoms with Gasteiger partial charge in [-0.3, -0.25) is 4.90 Å². The number of hydrogen-bond acceptors (Lipinski definition) is 2. The lowest BCUT2D eigenvalue weighted by Gasteiger charge is -2.17. The predicted octanol–water partition coefficient (Wildman–Crippen LogP) is 3.12. The summed E-state index contributed by atoms with van der Waals surface area (Å²) in [5.41, 5.74) is 2.35. The highest BCUT2D eigenvalue weighted by molar-refractivity contribution is 5.74. The highest BCUT2D eigenvalue weighted by atomic mass is 15.3. The molecule has 2 aromatic rings. The van der Waals surface area contributed by atoms with Crippen LogP contribution in [0.2, 0.25) is 0 Å². The average Bonchev–Trinajstić information content (AvgIpc) is 2.99. The first kappa shape index (κ1) is 11.7. The largest absolute Gasteiger partial charge is 0.317 e. The van der Waals surface area contributed by atoms with E-state index in [1.54, 1.807) is 0 Å². The third-order valence-corrected chi connectivity index (χ3v) is 3.95. The smallest absolute Gasteiger partial charge is 0.0969 e. The molecule has 0 aliphatic carbocycles. The van der Waals surface area contributed by atoms with Gasteiger partial charge in [0.2, 0.25) is 0 Å². The van der Waals surface area contributed by atoms with Crippen LogP contribution in [0.25, 0.3) is 11.0 Å². The van der Waals surface area contributed by atoms with Crippen molar-refractivity contribution in [2.45, 2.75) is 32.9 Å². The molecule has 0 amide bonds. The van der Waals surface area contributed by atoms with Gasteiger partial charge >= 0.3 is 0 Å². The van der Waals surface area contributed by atoms with Gasteiger partial charge in [0, 0.05) is 13.1 Å². The Balaban J connectivity index is 1.70. The van der Waals surface area contributed by atoms with Crippen LogP contribution in [-0.2, 0) is 6.67 Å². The van der Waals surface area contributed by atoms with Crippen LogP contribution in [0.5, 0.6) is 0 Å². The van der Waals surface area contributed by atoms with Crippen molar-refractivity contribution >= 4 is 11.0 Å². The van der Waals surface area contributed by atoms with E-state index in [2.05, 4.69) is 39.6 Å². The summed E-state index contributed by atoms with van der Waals surface area (Å²) in [5, 5.41) is 0. The van der Waals surface area contributed by atoms with E-state index in [4.69, 9.17) is 0 Å². The van der Waals surface area contributed by atoms with Crippen LogP contribution in [0.15, 0.2) is 30.6 Å². The molecule has 1 aliphatic heterocycles. The Kier molecular flexibility index (Phi) is 3.33. The molecule has 96 valence electrons. The number of nitrogens with zero attached hydrogens (tertiary/aromatic N) is 3. The monoisotopic (exact) mass is 243 g/mol. The molecular weight excluding hydrogens is 222 g/mol. The summed E-state index contributed by atoms with van der Waals surface area (Å²) in [5.74, 6) is 0.907. The van der Waals surface area contributed by atoms with Crippen LogP contribution >= 0.6 is 0 Å². The quantitative estimate of drug-likeness (QED) is 0.822. The third-order valence-electron chi connectivity index (χ3n) is 3.95. The summed E-state index contributed by atoms with van der Waals surface area (Å²) < 4.78 is 2.27. The zero-order chi connectivity index (χ0) is 12.4. The second-order valence-electron chi connectivity index (χ2n) is 5.36. The maximum Gasteiger partial charge on any atom is 0.0969 e. The number of benzene rings is 1. The number of likely N-dealkylation sites (tertiary alicyclic amines) is 1. The molecule has 3 heteroatoms. The molecule has 1 aromatic carbocycles. The van der Waals surface area contributed by atoms with Crippen molar-refractivity contribution in [3.8, 4) is 0 Å². The van der Waals surface area contributed by atoms with E-state index in [1.165, 1.54) is 37.9 Å². The topological polar surface area (TPSA) is 21.1 Å². The first-order valence-electron chi connectivity index (χ1n) is 6.99. The van der Waals surface area contributed by atoms with Crippen LogP contribution < -0.4 is 0 Å². The van der Waals surface area contributed by atoms with Crippen LogP contribution in [0.1, 0.15) is 26.2 Å². The highest BCUT2D eigenvalue weighted by Crippen LogP contribution is 2.22. The van der Waals surface area contributed by atoms with Gasteiger partial charge in [0.05, 0.1) is 24.0 Å². The van der Waals surface area contributed by atoms with E-state index >= 15 is 0 Å². The fourth-order valence-corrected chi connectivity index (χ4v) is 3.02. The van der Waals surface area contributed by atoms with E-state index < -0.39 is 0 Å². The summed E-state index contributed by atoms with van der Waals surface area (Å²) in [6.45, 7) is 5.75. The Bertz CT molecular complexity index is 517. The summed E-state index contributed by atoms with van der Waals surface area (Å²) >= 11 is 0. The van der Waals surface area contributed by atoms with Gasteiger partial charge in [-0.2, -0.15) is 0 Å². The fourth-order valence-electron chi connectivity index (χ4n) is 3.02. The summed E-state index contributed by atoms with van der Waals surface area (Å²) in [6.07, 6.45) is 6.02. The molecule has 1 aromatic heterocycles. The molecule has 1 aliphatic rings. The molecule has 1 saturated heterocycles. The molecule has 3 rings (SSSR count). The Morgan fingerprint density at radius 3 is 3.11 bits per heavy atom. The van der Waals surface area contributed by atoms with Crippen LogP contribution in [0, 0.1) is 5.92 Å². The van der Waals surface area contributed by atoms with Gasteiger partial charge < -0.3 is 4.57 Å². The number of para-hydroxylation sites is 2. The number of hydrogen-bond donors (Lipinski definition) is 0. The van der Waals surface area contributed by atoms with Gasteiger partial charge in [0.25, 0.3) is 0 Å². The van der Waals surface area contributed by atoms with E-state index in [-0.39, 0.29) is 0 Å². The Hall–Kier alpha value is -1.35. The summed E-state index contributed by atoms with van der Waals surface area (Å²) in [6, 6.07) is 8.37. The van der Waals surface area contributed by atoms with E-state index in [1.807, 2.05) is 12.4 Å². The molecular formula is C15H21N3. The molecule has 0 radical (unpaired) electrons. The minimum Gasteiger partial charge on any atom is -0.317 e. The van der Waals surface area contributed by atoms with Crippen LogP contribution in [0.3, 0.4) is 0 Å². The molecule has 0 N–H and O–H groups in total. The van der Waals surface area contributed by atoms with Gasteiger partial charge in [0.1, 0.15) is 0 Å². The van der Waals surface area contributed by atoms with Gasteiger partial charge in [-0.1, -0.05) is 25.5 Å². The Morgan fingerprint density at radius 2 is 2.22 bits per heavy atom. The van der Waals surface area contributed by atoms with Crippen molar-refractivity contribution in [2.24, 2.45) is 5.92 Å². The van der Waals surface area contributed by atoms with E-state index in [0.717, 1.165) is 18.1 Å². The molecule has 0 spiro atoms. The summed E-state index contributed by atoms with van der Waals surface area (Å²) in [4.78, 5) is 7.00. The number of rotatable bonds is 4. The Labute approximate surface area is 108 Å². The predicted molar refractivity (Wildman–Crippen MR) is 74.3 cm³/mol. The van der Waals surface area contributed by atoms with Crippen molar-refractivity contribution in [1.29, 1.82) is 0 Å². The number of aromatic nitrogens is 2. The maximum absolute atomic E-state index is 4.45. The van der Waals surface area contributed by atoms with Gasteiger partial charge in [-0.15, -0.1) is 0 Å². The first-order chi connectivity index (χ1) is 8.86. The van der Waals surface area contributed by atoms with E-state index in [0.29, 0.717) is 0 Å². The maximum atomic E-state index is 4.45. The van der Waals surface area contributed by atoms with Gasteiger partial charge in [-0.05, 0) is 30.9 Å². The normalized spacial score (nSPS) is 20.8. The van der Waals surface area contributed by atoms with Gasteiger partial charge in [-0.25, -0.2) is 4.98 Å². The van der Waals surface area contributed by atoms with Crippen molar-refractivity contribution in [1.82, 2.24) is 14.5 Å². The first-order valence-corrected chi connectivity index (χ1v) is 6.99.